The Bertz CT molecular complexity index is 2600. The van der Waals surface area contributed by atoms with Crippen LogP contribution in [0.1, 0.15) is 99.5 Å². The molecule has 32 heteroatoms. The maximum atomic E-state index is 14.9. The summed E-state index contributed by atoms with van der Waals surface area (Å²) in [6.45, 7) is 9.47. The second-order valence-electron chi connectivity index (χ2n) is 25.7. The largest absolute Gasteiger partial charge is 0.480 e. The van der Waals surface area contributed by atoms with Crippen LogP contribution in [0.2, 0.25) is 0 Å². The van der Waals surface area contributed by atoms with Gasteiger partial charge in [0.15, 0.2) is 6.29 Å². The number of aliphatic hydroxyl groups excluding tert-OH is 10. The molecule has 1 aromatic carbocycles. The predicted molar refractivity (Wildman–Crippen MR) is 329 cm³/mol. The van der Waals surface area contributed by atoms with Crippen molar-refractivity contribution in [3.05, 3.63) is 35.9 Å². The van der Waals surface area contributed by atoms with Crippen molar-refractivity contribution >= 4 is 41.5 Å². The van der Waals surface area contributed by atoms with Crippen molar-refractivity contribution in [2.45, 2.75) is 228 Å². The van der Waals surface area contributed by atoms with E-state index in [0.717, 1.165) is 6.92 Å². The van der Waals surface area contributed by atoms with Crippen molar-refractivity contribution in [3.8, 4) is 0 Å². The van der Waals surface area contributed by atoms with E-state index in [1.54, 1.807) is 76.9 Å². The number of hydrogen-bond donors (Lipinski definition) is 16. The van der Waals surface area contributed by atoms with Gasteiger partial charge >= 0.3 is 11.9 Å². The summed E-state index contributed by atoms with van der Waals surface area (Å²) >= 11 is 0. The molecule has 0 aliphatic carbocycles. The summed E-state index contributed by atoms with van der Waals surface area (Å²) in [5.74, 6) is -14.8. The molecule has 0 spiro atoms. The Kier molecular flexibility index (Phi) is 31.4. The van der Waals surface area contributed by atoms with Crippen LogP contribution in [0.4, 0.5) is 0 Å². The minimum atomic E-state index is -3.21. The lowest BCUT2D eigenvalue weighted by Crippen LogP contribution is -2.71. The number of carboxylic acid groups (broad SMARTS) is 2. The van der Waals surface area contributed by atoms with Crippen LogP contribution in [0.3, 0.4) is 0 Å². The molecule has 4 rings (SSSR count). The molecule has 1 aromatic rings. The molecule has 23 unspecified atom stereocenters. The normalized spacial score (nSPS) is 27.9. The first kappa shape index (κ1) is 81.2. The van der Waals surface area contributed by atoms with Gasteiger partial charge in [0, 0.05) is 60.5 Å². The lowest BCUT2D eigenvalue weighted by Gasteiger charge is -2.51. The number of carboxylic acids is 2. The molecule has 538 valence electrons. The van der Waals surface area contributed by atoms with Crippen molar-refractivity contribution in [1.82, 2.24) is 30.7 Å². The molecular formula is C62H104N6O26. The molecule has 3 aliphatic rings. The molecule has 16 N–H and O–H groups in total. The third-order valence-corrected chi connectivity index (χ3v) is 18.1. The van der Waals surface area contributed by atoms with Crippen molar-refractivity contribution in [1.29, 1.82) is 0 Å². The van der Waals surface area contributed by atoms with Gasteiger partial charge in [0.1, 0.15) is 60.9 Å². The lowest BCUT2D eigenvalue weighted by atomic mass is 9.88. The van der Waals surface area contributed by atoms with Crippen LogP contribution in [0.25, 0.3) is 0 Å². The van der Waals surface area contributed by atoms with Crippen molar-refractivity contribution in [2.24, 2.45) is 23.7 Å². The first-order valence-electron chi connectivity index (χ1n) is 31.7. The molecule has 32 nitrogen and oxygen atoms in total. The molecule has 0 aromatic heterocycles. The number of methoxy groups -OCH3 is 2. The number of likely N-dealkylation sites (tertiary alicyclic amines) is 1. The Labute approximate surface area is 547 Å². The lowest BCUT2D eigenvalue weighted by molar-refractivity contribution is -0.430. The number of ether oxygens (including phenoxy) is 6. The highest BCUT2D eigenvalue weighted by molar-refractivity contribution is 5.90. The van der Waals surface area contributed by atoms with E-state index < -0.39 is 220 Å². The fraction of sp³-hybridized carbons (Fsp3) is 0.790. The molecule has 3 fully saturated rings. The molecule has 0 saturated carbocycles. The Morgan fingerprint density at radius 3 is 1.97 bits per heavy atom. The van der Waals surface area contributed by atoms with Gasteiger partial charge in [-0.1, -0.05) is 85.2 Å². The minimum Gasteiger partial charge on any atom is -0.480 e. The summed E-state index contributed by atoms with van der Waals surface area (Å²) in [4.78, 5) is 99.3. The Balaban J connectivity index is 1.49. The number of amides is 5. The van der Waals surface area contributed by atoms with Crippen LogP contribution in [-0.2, 0) is 68.4 Å². The average molecular weight is 1350 g/mol. The summed E-state index contributed by atoms with van der Waals surface area (Å²) in [7, 11) is 5.81. The number of benzene rings is 1. The van der Waals surface area contributed by atoms with Gasteiger partial charge in [0.2, 0.25) is 35.3 Å². The standard InChI is InChI=1S/C62H104N6O26/c1-13-32(6)49(43(89-11)23-45(78)68-21-17-20-37(68)52(90-12)33(7)55(81)64-36(58(84)85)22-35-18-15-14-16-19-35)67(10)57(83)46(30(2)3)65-56(82)48(31(4)5)66(9)26-40(75)50(79)53(42(77)28-70)92-59-39(74)24-61(88,44(29-71)91-59)94-62(60(86)87)25-38(73)47(63-34(8)72)54(93-62)51(80)41(76)27-69/h14-16,18-19,30-33,36-44,46-54,59,69-71,73-77,79-80,88H,13,17,20-29H2,1-12H3,(H,63,72)(H,64,81)(H,65,82)(H,84,85)(H,86,87). The number of carbonyl (C=O) groups is 7. The zero-order valence-corrected chi connectivity index (χ0v) is 55.6. The van der Waals surface area contributed by atoms with Gasteiger partial charge in [-0.2, -0.15) is 0 Å². The van der Waals surface area contributed by atoms with E-state index in [4.69, 9.17) is 28.4 Å². The maximum Gasteiger partial charge on any atom is 0.364 e. The van der Waals surface area contributed by atoms with E-state index in [9.17, 15) is 99.9 Å². The van der Waals surface area contributed by atoms with Gasteiger partial charge in [-0.25, -0.2) is 9.59 Å². The van der Waals surface area contributed by atoms with Gasteiger partial charge in [0.25, 0.3) is 5.79 Å². The van der Waals surface area contributed by atoms with Crippen LogP contribution in [0.5, 0.6) is 0 Å². The van der Waals surface area contributed by atoms with Gasteiger partial charge in [-0.15, -0.1) is 0 Å². The summed E-state index contributed by atoms with van der Waals surface area (Å²) in [5.41, 5.74) is 0.713. The van der Waals surface area contributed by atoms with Crippen LogP contribution in [0, 0.1) is 23.7 Å². The molecule has 0 bridgehead atoms. The molecule has 3 heterocycles. The number of aliphatic carboxylic acids is 2. The van der Waals surface area contributed by atoms with Gasteiger partial charge in [-0.05, 0) is 43.2 Å². The summed E-state index contributed by atoms with van der Waals surface area (Å²) < 4.78 is 34.4. The highest BCUT2D eigenvalue weighted by Gasteiger charge is 2.62. The molecule has 3 aliphatic heterocycles. The molecule has 5 amide bonds. The number of likely N-dealkylation sites (N-methyl/N-ethyl adjacent to an activating group) is 2. The number of nitrogens with zero attached hydrogens (tertiary/aromatic N) is 3. The van der Waals surface area contributed by atoms with Crippen LogP contribution >= 0.6 is 0 Å². The van der Waals surface area contributed by atoms with E-state index in [0.29, 0.717) is 31.4 Å². The molecule has 3 saturated heterocycles. The number of carbonyl (C=O) groups excluding carboxylic acids is 5. The maximum absolute atomic E-state index is 14.9. The second-order valence-corrected chi connectivity index (χ2v) is 25.7. The SMILES string of the molecule is CCC(C)C(C(CC(=O)N1CCCC1C(OC)C(C)C(=O)NC(Cc1ccccc1)C(=O)O)OC)N(C)C(=O)C(NC(=O)C(C(C)C)N(C)CC(O)C(O)C(OC1OC(CO)C(O)(OC2(C(=O)O)CC(O)C(NC(C)=O)C(C(O)C(O)CO)O2)CC1O)C(O)CO)C(C)C. The Morgan fingerprint density at radius 2 is 1.45 bits per heavy atom. The topological polar surface area (TPSA) is 484 Å². The minimum absolute atomic E-state index is 0.0453. The second kappa shape index (κ2) is 36.4. The fourth-order valence-corrected chi connectivity index (χ4v) is 12.9. The molecule has 94 heavy (non-hydrogen) atoms. The van der Waals surface area contributed by atoms with Crippen LogP contribution in [-0.4, -0.2) is 311 Å². The summed E-state index contributed by atoms with van der Waals surface area (Å²) in [6.07, 6.45) is -25.4. The monoisotopic (exact) mass is 1350 g/mol. The average Bonchev–Trinajstić information content (AvgIpc) is 0.898. The van der Waals surface area contributed by atoms with E-state index in [1.165, 1.54) is 31.1 Å². The number of aliphatic hydroxyl groups is 11. The van der Waals surface area contributed by atoms with Crippen molar-refractivity contribution in [2.75, 3.05) is 61.2 Å². The summed E-state index contributed by atoms with van der Waals surface area (Å²) in [5, 5.41) is 148. The first-order valence-corrected chi connectivity index (χ1v) is 31.7. The van der Waals surface area contributed by atoms with Crippen molar-refractivity contribution < 1.29 is 128 Å². The van der Waals surface area contributed by atoms with Crippen molar-refractivity contribution in [3.63, 3.8) is 0 Å². The Hall–Kier alpha value is -5.21. The highest BCUT2D eigenvalue weighted by Crippen LogP contribution is 2.42. The van der Waals surface area contributed by atoms with Crippen LogP contribution < -0.4 is 16.0 Å². The third-order valence-electron chi connectivity index (χ3n) is 18.1. The molecule has 0 radical (unpaired) electrons. The van der Waals surface area contributed by atoms with Crippen LogP contribution in [0.15, 0.2) is 30.3 Å². The molecule has 23 atom stereocenters. The number of rotatable bonds is 37. The van der Waals surface area contributed by atoms with E-state index >= 15 is 0 Å². The predicted octanol–water partition coefficient (Wildman–Crippen LogP) is -4.40. The smallest absolute Gasteiger partial charge is 0.364 e. The van der Waals surface area contributed by atoms with Gasteiger partial charge in [-0.3, -0.25) is 28.9 Å². The number of nitrogens with one attached hydrogen (secondary N) is 3. The Morgan fingerprint density at radius 1 is 0.819 bits per heavy atom. The zero-order chi connectivity index (χ0) is 71.0. The number of hydrogen-bond acceptors (Lipinski definition) is 25. The summed E-state index contributed by atoms with van der Waals surface area (Å²) in [6, 6.07) is 2.35. The van der Waals surface area contributed by atoms with Gasteiger partial charge in [0.05, 0.1) is 80.7 Å². The first-order chi connectivity index (χ1) is 44.0. The highest BCUT2D eigenvalue weighted by atomic mass is 16.8. The zero-order valence-electron chi connectivity index (χ0n) is 55.6. The van der Waals surface area contributed by atoms with E-state index in [-0.39, 0.29) is 24.7 Å². The van der Waals surface area contributed by atoms with Gasteiger partial charge < -0.3 is 121 Å². The van der Waals surface area contributed by atoms with E-state index in [2.05, 4.69) is 16.0 Å². The van der Waals surface area contributed by atoms with E-state index in [1.807, 2.05) is 13.8 Å². The third kappa shape index (κ3) is 20.2. The fourth-order valence-electron chi connectivity index (χ4n) is 12.9. The molecular weight excluding hydrogens is 1240 g/mol. The quantitative estimate of drug-likeness (QED) is 0.0280.